The quantitative estimate of drug-likeness (QED) is 0.922. The third kappa shape index (κ3) is 2.44. The van der Waals surface area contributed by atoms with Crippen molar-refractivity contribution in [1.82, 2.24) is 5.16 Å². The number of nitrogens with two attached hydrogens (primary N) is 1. The topological polar surface area (TPSA) is 86.2 Å². The number of sulfone groups is 1. The molecular formula is C15H18N2O3S. The van der Waals surface area contributed by atoms with E-state index in [2.05, 4.69) is 5.16 Å². The Labute approximate surface area is 124 Å². The Morgan fingerprint density at radius 2 is 2.05 bits per heavy atom. The molecule has 0 aliphatic carbocycles. The van der Waals surface area contributed by atoms with Gasteiger partial charge in [0.1, 0.15) is 5.25 Å². The number of anilines is 1. The lowest BCUT2D eigenvalue weighted by molar-refractivity contribution is 0.372. The molecule has 2 aromatic rings. The van der Waals surface area contributed by atoms with Gasteiger partial charge in [-0.2, -0.15) is 0 Å². The molecule has 3 rings (SSSR count). The number of aryl methyl sites for hydroxylation is 1. The van der Waals surface area contributed by atoms with Crippen LogP contribution in [0.4, 0.5) is 5.82 Å². The fourth-order valence-electron chi connectivity index (χ4n) is 2.91. The zero-order valence-electron chi connectivity index (χ0n) is 11.9. The van der Waals surface area contributed by atoms with Gasteiger partial charge in [-0.05, 0) is 30.9 Å². The standard InChI is InChI=1S/C15H18N2O3S/c1-10-6-2-3-7-11(10)13-14(20-17-15(13)16)12-8-4-5-9-21(12,18)19/h2-3,6-7,12H,4-5,8-9H2,1H3,(H2,16,17). The van der Waals surface area contributed by atoms with Crippen molar-refractivity contribution >= 4 is 15.7 Å². The summed E-state index contributed by atoms with van der Waals surface area (Å²) in [6, 6.07) is 7.70. The summed E-state index contributed by atoms with van der Waals surface area (Å²) in [6.07, 6.45) is 2.15. The van der Waals surface area contributed by atoms with Crippen LogP contribution in [0.5, 0.6) is 0 Å². The van der Waals surface area contributed by atoms with Crippen LogP contribution in [0.25, 0.3) is 11.1 Å². The van der Waals surface area contributed by atoms with E-state index in [-0.39, 0.29) is 11.6 Å². The Bertz CT molecular complexity index is 765. The van der Waals surface area contributed by atoms with Crippen LogP contribution in [0.1, 0.15) is 35.8 Å². The second-order valence-electron chi connectivity index (χ2n) is 5.47. The van der Waals surface area contributed by atoms with Crippen LogP contribution in [-0.2, 0) is 9.84 Å². The van der Waals surface area contributed by atoms with Crippen LogP contribution in [0.3, 0.4) is 0 Å². The number of benzene rings is 1. The molecule has 1 atom stereocenters. The molecule has 1 aliphatic rings. The van der Waals surface area contributed by atoms with Gasteiger partial charge < -0.3 is 10.3 Å². The van der Waals surface area contributed by atoms with E-state index in [9.17, 15) is 8.42 Å². The van der Waals surface area contributed by atoms with Gasteiger partial charge in [0.15, 0.2) is 21.4 Å². The first-order chi connectivity index (χ1) is 10.0. The Kier molecular flexibility index (Phi) is 3.49. The lowest BCUT2D eigenvalue weighted by Crippen LogP contribution is -2.21. The van der Waals surface area contributed by atoms with Gasteiger partial charge in [-0.15, -0.1) is 0 Å². The third-order valence-corrected chi connectivity index (χ3v) is 6.20. The van der Waals surface area contributed by atoms with Gasteiger partial charge in [0.05, 0.1) is 11.3 Å². The number of nitrogens with zero attached hydrogens (tertiary/aromatic N) is 1. The van der Waals surface area contributed by atoms with E-state index in [4.69, 9.17) is 10.3 Å². The van der Waals surface area contributed by atoms with Crippen LogP contribution in [0.2, 0.25) is 0 Å². The molecule has 21 heavy (non-hydrogen) atoms. The van der Waals surface area contributed by atoms with E-state index in [1.807, 2.05) is 31.2 Å². The van der Waals surface area contributed by atoms with Gasteiger partial charge in [0.25, 0.3) is 0 Å². The predicted octanol–water partition coefficient (Wildman–Crippen LogP) is 2.87. The Balaban J connectivity index is 2.16. The van der Waals surface area contributed by atoms with Gasteiger partial charge in [-0.25, -0.2) is 8.42 Å². The average molecular weight is 306 g/mol. The maximum atomic E-state index is 12.3. The molecular weight excluding hydrogens is 288 g/mol. The van der Waals surface area contributed by atoms with E-state index in [1.54, 1.807) is 0 Å². The Hall–Kier alpha value is -1.82. The lowest BCUT2D eigenvalue weighted by Gasteiger charge is -2.21. The van der Waals surface area contributed by atoms with E-state index in [1.165, 1.54) is 0 Å². The number of nitrogen functional groups attached to an aromatic ring is 1. The highest BCUT2D eigenvalue weighted by Crippen LogP contribution is 2.42. The summed E-state index contributed by atoms with van der Waals surface area (Å²) in [5.74, 6) is 0.840. The second kappa shape index (κ2) is 5.18. The van der Waals surface area contributed by atoms with Crippen LogP contribution in [0.15, 0.2) is 28.8 Å². The smallest absolute Gasteiger partial charge is 0.175 e. The molecule has 1 fully saturated rings. The van der Waals surface area contributed by atoms with Crippen molar-refractivity contribution in [1.29, 1.82) is 0 Å². The van der Waals surface area contributed by atoms with Gasteiger partial charge >= 0.3 is 0 Å². The number of hydrogen-bond acceptors (Lipinski definition) is 5. The summed E-state index contributed by atoms with van der Waals surface area (Å²) in [7, 11) is -3.20. The van der Waals surface area contributed by atoms with Crippen molar-refractivity contribution in [3.05, 3.63) is 35.6 Å². The second-order valence-corrected chi connectivity index (χ2v) is 7.78. The molecule has 5 nitrogen and oxygen atoms in total. The van der Waals surface area contributed by atoms with Gasteiger partial charge in [0, 0.05) is 0 Å². The van der Waals surface area contributed by atoms with Crippen molar-refractivity contribution in [3.8, 4) is 11.1 Å². The van der Waals surface area contributed by atoms with Crippen LogP contribution < -0.4 is 5.73 Å². The van der Waals surface area contributed by atoms with E-state index < -0.39 is 15.1 Å². The fraction of sp³-hybridized carbons (Fsp3) is 0.400. The number of hydrogen-bond donors (Lipinski definition) is 1. The van der Waals surface area contributed by atoms with Crippen LogP contribution in [0, 0.1) is 6.92 Å². The molecule has 1 unspecified atom stereocenters. The molecule has 1 aromatic heterocycles. The zero-order valence-corrected chi connectivity index (χ0v) is 12.7. The first kappa shape index (κ1) is 14.1. The Morgan fingerprint density at radius 1 is 1.29 bits per heavy atom. The zero-order chi connectivity index (χ0) is 15.0. The summed E-state index contributed by atoms with van der Waals surface area (Å²) in [6.45, 7) is 1.96. The molecule has 1 aromatic carbocycles. The number of rotatable bonds is 2. The first-order valence-electron chi connectivity index (χ1n) is 7.03. The van der Waals surface area contributed by atoms with Gasteiger partial charge in [-0.3, -0.25) is 0 Å². The largest absolute Gasteiger partial charge is 0.380 e. The summed E-state index contributed by atoms with van der Waals surface area (Å²) in [5, 5.41) is 3.18. The molecule has 2 N–H and O–H groups in total. The molecule has 0 spiro atoms. The minimum atomic E-state index is -3.20. The van der Waals surface area contributed by atoms with Crippen LogP contribution in [-0.4, -0.2) is 19.3 Å². The molecule has 1 aliphatic heterocycles. The molecule has 0 saturated carbocycles. The maximum Gasteiger partial charge on any atom is 0.175 e. The average Bonchev–Trinajstić information content (AvgIpc) is 2.80. The minimum Gasteiger partial charge on any atom is -0.380 e. The molecule has 112 valence electrons. The molecule has 0 bridgehead atoms. The normalized spacial score (nSPS) is 21.3. The van der Waals surface area contributed by atoms with Crippen molar-refractivity contribution in [2.75, 3.05) is 11.5 Å². The van der Waals surface area contributed by atoms with E-state index in [0.717, 1.165) is 17.5 Å². The van der Waals surface area contributed by atoms with E-state index in [0.29, 0.717) is 24.2 Å². The van der Waals surface area contributed by atoms with Gasteiger partial charge in [0.2, 0.25) is 0 Å². The highest BCUT2D eigenvalue weighted by Gasteiger charge is 2.36. The molecule has 2 heterocycles. The van der Waals surface area contributed by atoms with Crippen molar-refractivity contribution in [3.63, 3.8) is 0 Å². The predicted molar refractivity (Wildman–Crippen MR) is 81.5 cm³/mol. The molecule has 6 heteroatoms. The summed E-state index contributed by atoms with van der Waals surface area (Å²) >= 11 is 0. The fourth-order valence-corrected chi connectivity index (χ4v) is 4.81. The summed E-state index contributed by atoms with van der Waals surface area (Å²) in [4.78, 5) is 0. The summed E-state index contributed by atoms with van der Waals surface area (Å²) in [5.41, 5.74) is 8.46. The Morgan fingerprint density at radius 3 is 2.76 bits per heavy atom. The SMILES string of the molecule is Cc1ccccc1-c1c(N)noc1C1CCCCS1(=O)=O. The first-order valence-corrected chi connectivity index (χ1v) is 8.75. The highest BCUT2D eigenvalue weighted by molar-refractivity contribution is 7.91. The lowest BCUT2D eigenvalue weighted by atomic mass is 9.98. The minimum absolute atomic E-state index is 0.200. The number of aromatic nitrogens is 1. The highest BCUT2D eigenvalue weighted by atomic mass is 32.2. The summed E-state index contributed by atoms with van der Waals surface area (Å²) < 4.78 is 30.0. The monoisotopic (exact) mass is 306 g/mol. The molecule has 0 radical (unpaired) electrons. The van der Waals surface area contributed by atoms with Gasteiger partial charge in [-0.1, -0.05) is 35.8 Å². The third-order valence-electron chi connectivity index (χ3n) is 4.03. The van der Waals surface area contributed by atoms with Crippen molar-refractivity contribution in [2.45, 2.75) is 31.4 Å². The molecule has 0 amide bonds. The van der Waals surface area contributed by atoms with Crippen molar-refractivity contribution in [2.24, 2.45) is 0 Å². The van der Waals surface area contributed by atoms with E-state index >= 15 is 0 Å². The van der Waals surface area contributed by atoms with Crippen LogP contribution >= 0.6 is 0 Å². The maximum absolute atomic E-state index is 12.3. The van der Waals surface area contributed by atoms with Crippen molar-refractivity contribution < 1.29 is 12.9 Å². The molecule has 1 saturated heterocycles.